The summed E-state index contributed by atoms with van der Waals surface area (Å²) in [6, 6.07) is 16.2. The maximum absolute atomic E-state index is 13.1. The van der Waals surface area contributed by atoms with Gasteiger partial charge in [-0.2, -0.15) is 5.10 Å². The highest BCUT2D eigenvalue weighted by Gasteiger charge is 2.40. The van der Waals surface area contributed by atoms with E-state index in [4.69, 9.17) is 0 Å². The van der Waals surface area contributed by atoms with Gasteiger partial charge in [0.2, 0.25) is 5.43 Å². The molecule has 1 aliphatic heterocycles. The van der Waals surface area contributed by atoms with Crippen molar-refractivity contribution < 1.29 is 9.90 Å². The van der Waals surface area contributed by atoms with Crippen LogP contribution < -0.4 is 5.43 Å². The maximum Gasteiger partial charge on any atom is 0.276 e. The lowest BCUT2D eigenvalue weighted by Crippen LogP contribution is -2.49. The molecule has 0 bridgehead atoms. The first-order chi connectivity index (χ1) is 18.8. The molecular weight excluding hydrogens is 486 g/mol. The van der Waals surface area contributed by atoms with Crippen molar-refractivity contribution in [3.63, 3.8) is 0 Å². The zero-order valence-electron chi connectivity index (χ0n) is 26.2. The lowest BCUT2D eigenvalue weighted by Gasteiger charge is -2.41. The molecule has 1 unspecified atom stereocenters. The number of hydrogen-bond donors (Lipinski definition) is 1. The van der Waals surface area contributed by atoms with Gasteiger partial charge in [0.25, 0.3) is 5.91 Å². The van der Waals surface area contributed by atoms with Crippen LogP contribution in [0.1, 0.15) is 114 Å². The summed E-state index contributed by atoms with van der Waals surface area (Å²) in [5, 5.41) is 14.8. The fourth-order valence-electron chi connectivity index (χ4n) is 4.46. The Kier molecular flexibility index (Phi) is 16.4. The summed E-state index contributed by atoms with van der Waals surface area (Å²) >= 11 is 0. The first kappa shape index (κ1) is 35.6. The Balaban J connectivity index is 0.00000166. The number of hydrogen-bond acceptors (Lipinski definition) is 4. The van der Waals surface area contributed by atoms with Crippen molar-refractivity contribution in [1.29, 1.82) is 0 Å². The minimum atomic E-state index is -0.647. The Labute approximate surface area is 236 Å². The van der Waals surface area contributed by atoms with Crippen LogP contribution in [0.4, 0.5) is 0 Å². The Morgan fingerprint density at radius 1 is 0.821 bits per heavy atom. The van der Waals surface area contributed by atoms with E-state index in [0.717, 1.165) is 28.5 Å². The lowest BCUT2D eigenvalue weighted by atomic mass is 9.82. The number of amides is 1. The van der Waals surface area contributed by atoms with Crippen molar-refractivity contribution in [2.24, 2.45) is 0 Å². The number of nitrogens with zero attached hydrogens (tertiary/aromatic N) is 3. The van der Waals surface area contributed by atoms with Crippen molar-refractivity contribution in [3.05, 3.63) is 92.9 Å². The smallest absolute Gasteiger partial charge is 0.276 e. The zero-order valence-corrected chi connectivity index (χ0v) is 26.2. The molecule has 2 aromatic carbocycles. The molecule has 0 saturated heterocycles. The Morgan fingerprint density at radius 3 is 1.69 bits per heavy atom. The van der Waals surface area contributed by atoms with Crippen LogP contribution in [-0.2, 0) is 0 Å². The Morgan fingerprint density at radius 2 is 1.28 bits per heavy atom. The van der Waals surface area contributed by atoms with Gasteiger partial charge in [-0.25, -0.2) is 0 Å². The molecule has 0 aliphatic carbocycles. The molecule has 39 heavy (non-hydrogen) atoms. The molecule has 1 aromatic heterocycles. The van der Waals surface area contributed by atoms with Gasteiger partial charge in [-0.1, -0.05) is 115 Å². The summed E-state index contributed by atoms with van der Waals surface area (Å²) in [7, 11) is 0. The second-order valence-electron chi connectivity index (χ2n) is 8.58. The molecule has 0 saturated carbocycles. The first-order valence-corrected chi connectivity index (χ1v) is 14.5. The van der Waals surface area contributed by atoms with Gasteiger partial charge in [-0.3, -0.25) is 14.3 Å². The highest BCUT2D eigenvalue weighted by atomic mass is 16.3. The van der Waals surface area contributed by atoms with Crippen LogP contribution in [0.25, 0.3) is 0 Å². The minimum Gasteiger partial charge on any atom is -0.502 e. The predicted octanol–water partition coefficient (Wildman–Crippen LogP) is 7.91. The molecule has 6 nitrogen and oxygen atoms in total. The molecule has 1 atom stereocenters. The molecule has 6 heteroatoms. The number of aryl methyl sites for hydroxylation is 2. The molecule has 2 heterocycles. The van der Waals surface area contributed by atoms with Crippen LogP contribution >= 0.6 is 0 Å². The van der Waals surface area contributed by atoms with Gasteiger partial charge in [0.15, 0.2) is 11.4 Å². The van der Waals surface area contributed by atoms with Crippen molar-refractivity contribution >= 4 is 5.91 Å². The van der Waals surface area contributed by atoms with Crippen molar-refractivity contribution in [1.82, 2.24) is 14.7 Å². The van der Waals surface area contributed by atoms with Gasteiger partial charge < -0.3 is 10.0 Å². The van der Waals surface area contributed by atoms with E-state index in [-0.39, 0.29) is 29.6 Å². The summed E-state index contributed by atoms with van der Waals surface area (Å²) in [4.78, 5) is 27.0. The van der Waals surface area contributed by atoms with Gasteiger partial charge in [-0.15, -0.1) is 0 Å². The topological polar surface area (TPSA) is 75.4 Å². The summed E-state index contributed by atoms with van der Waals surface area (Å²) in [6.07, 6.45) is 1.09. The third-order valence-electron chi connectivity index (χ3n) is 5.96. The molecule has 4 rings (SSSR count). The molecule has 0 radical (unpaired) electrons. The normalized spacial score (nSPS) is 13.4. The van der Waals surface area contributed by atoms with E-state index in [1.165, 1.54) is 0 Å². The van der Waals surface area contributed by atoms with Gasteiger partial charge in [0.05, 0.1) is 12.2 Å². The SMILES string of the molecule is CC.CC.CC.CC.Cc1cccc(C(c2cccc(C)c2)C2CN(C(C)C)C(=O)c3c(O)c(=O)cnn32)c1. The number of carbonyl (C=O) groups excluding carboxylic acids is 1. The van der Waals surface area contributed by atoms with E-state index in [0.29, 0.717) is 6.54 Å². The van der Waals surface area contributed by atoms with Crippen LogP contribution in [0.5, 0.6) is 5.75 Å². The third-order valence-corrected chi connectivity index (χ3v) is 5.96. The maximum atomic E-state index is 13.1. The second kappa shape index (κ2) is 18.0. The summed E-state index contributed by atoms with van der Waals surface area (Å²) < 4.78 is 1.55. The molecular formula is C33H51N3O3. The fraction of sp³-hybridized carbons (Fsp3) is 0.485. The fourth-order valence-corrected chi connectivity index (χ4v) is 4.46. The molecule has 1 aliphatic rings. The highest BCUT2D eigenvalue weighted by Crippen LogP contribution is 2.40. The number of fused-ring (bicyclic) bond motifs is 1. The number of aromatic hydroxyl groups is 1. The monoisotopic (exact) mass is 537 g/mol. The third kappa shape index (κ3) is 8.54. The van der Waals surface area contributed by atoms with Crippen molar-refractivity contribution in [2.45, 2.75) is 101 Å². The summed E-state index contributed by atoms with van der Waals surface area (Å²) in [5.41, 5.74) is 3.78. The Bertz CT molecular complexity index is 1160. The number of carbonyl (C=O) groups is 1. The quantitative estimate of drug-likeness (QED) is 0.367. The lowest BCUT2D eigenvalue weighted by molar-refractivity contribution is 0.0570. The van der Waals surface area contributed by atoms with E-state index in [1.807, 2.05) is 81.4 Å². The molecule has 1 amide bonds. The van der Waals surface area contributed by atoms with Crippen molar-refractivity contribution in [3.8, 4) is 5.75 Å². The number of rotatable bonds is 4. The van der Waals surface area contributed by atoms with Gasteiger partial charge in [0.1, 0.15) is 0 Å². The van der Waals surface area contributed by atoms with Gasteiger partial charge in [0, 0.05) is 18.5 Å². The van der Waals surface area contributed by atoms with E-state index in [1.54, 1.807) is 9.58 Å². The molecule has 1 N–H and O–H groups in total. The molecule has 3 aromatic rings. The van der Waals surface area contributed by atoms with Gasteiger partial charge >= 0.3 is 0 Å². The van der Waals surface area contributed by atoms with E-state index in [9.17, 15) is 14.7 Å². The van der Waals surface area contributed by atoms with Crippen molar-refractivity contribution in [2.75, 3.05) is 6.54 Å². The predicted molar refractivity (Wildman–Crippen MR) is 165 cm³/mol. The van der Waals surface area contributed by atoms with E-state index >= 15 is 0 Å². The second-order valence-corrected chi connectivity index (χ2v) is 8.58. The highest BCUT2D eigenvalue weighted by molar-refractivity contribution is 5.96. The molecule has 216 valence electrons. The van der Waals surface area contributed by atoms with Crippen LogP contribution in [0.2, 0.25) is 0 Å². The van der Waals surface area contributed by atoms with Crippen LogP contribution in [0.15, 0.2) is 59.5 Å². The first-order valence-electron chi connectivity index (χ1n) is 14.5. The van der Waals surface area contributed by atoms with Crippen LogP contribution in [-0.4, -0.2) is 38.3 Å². The number of benzene rings is 2. The zero-order chi connectivity index (χ0) is 30.3. The van der Waals surface area contributed by atoms with E-state index in [2.05, 4.69) is 55.3 Å². The summed E-state index contributed by atoms with van der Waals surface area (Å²) in [5.74, 6) is -1.04. The number of aromatic nitrogens is 2. The average molecular weight is 538 g/mol. The standard InChI is InChI=1S/C25H27N3O3.4C2H6/c1-15(2)27-14-20(28-23(25(27)31)24(30)21(29)13-26-28)22(18-9-5-7-16(3)11-18)19-10-6-8-17(4)12-19;4*1-2/h5-13,15,20,22,30H,14H2,1-4H3;4*1-2H3. The minimum absolute atomic E-state index is 0.0391. The molecule has 0 fully saturated rings. The average Bonchev–Trinajstić information content (AvgIpc) is 2.96. The van der Waals surface area contributed by atoms with Crippen LogP contribution in [0, 0.1) is 13.8 Å². The largest absolute Gasteiger partial charge is 0.502 e. The Hall–Kier alpha value is -3.41. The van der Waals surface area contributed by atoms with E-state index < -0.39 is 11.2 Å². The molecule has 0 spiro atoms. The summed E-state index contributed by atoms with van der Waals surface area (Å²) in [6.45, 7) is 24.4. The van der Waals surface area contributed by atoms with Gasteiger partial charge in [-0.05, 0) is 38.8 Å². The van der Waals surface area contributed by atoms with Crippen LogP contribution in [0.3, 0.4) is 0 Å².